The third-order valence-electron chi connectivity index (χ3n) is 4.59. The molecule has 0 atom stereocenters. The Morgan fingerprint density at radius 3 is 2.66 bits per heavy atom. The first kappa shape index (κ1) is 20.8. The fourth-order valence-electron chi connectivity index (χ4n) is 3.06. The lowest BCUT2D eigenvalue weighted by Gasteiger charge is -2.26. The quantitative estimate of drug-likeness (QED) is 0.721. The first-order chi connectivity index (χ1) is 13.9. The number of amides is 2. The average Bonchev–Trinajstić information content (AvgIpc) is 2.71. The summed E-state index contributed by atoms with van der Waals surface area (Å²) in [5.74, 6) is -0.169. The molecule has 2 aromatic rings. The maximum absolute atomic E-state index is 13.1. The van der Waals surface area contributed by atoms with Gasteiger partial charge in [0.1, 0.15) is 17.3 Å². The Morgan fingerprint density at radius 2 is 1.97 bits per heavy atom. The minimum absolute atomic E-state index is 0.176. The minimum Gasteiger partial charge on any atom is -0.496 e. The Balaban J connectivity index is 1.74. The van der Waals surface area contributed by atoms with E-state index < -0.39 is 0 Å². The number of carbonyl (C=O) groups is 2. The van der Waals surface area contributed by atoms with Gasteiger partial charge in [-0.3, -0.25) is 9.59 Å². The summed E-state index contributed by atoms with van der Waals surface area (Å²) >= 11 is 6.06. The van der Waals surface area contributed by atoms with E-state index in [-0.39, 0.29) is 43.6 Å². The smallest absolute Gasteiger partial charge is 0.270 e. The normalized spacial score (nSPS) is 13.9. The summed E-state index contributed by atoms with van der Waals surface area (Å²) in [6.45, 7) is 0.467. The van der Waals surface area contributed by atoms with E-state index in [1.54, 1.807) is 44.5 Å². The third-order valence-corrected chi connectivity index (χ3v) is 4.83. The van der Waals surface area contributed by atoms with Gasteiger partial charge < -0.3 is 9.64 Å². The SMILES string of the molecule is COc1ccc(Cl)cc1CN(C)C(=O)C1=NN(Cc2ccc(F)cc2)C(=O)CC1. The van der Waals surface area contributed by atoms with Gasteiger partial charge in [-0.25, -0.2) is 9.40 Å². The molecule has 0 saturated heterocycles. The van der Waals surface area contributed by atoms with E-state index >= 15 is 0 Å². The molecule has 0 aliphatic carbocycles. The van der Waals surface area contributed by atoms with Crippen LogP contribution in [0.2, 0.25) is 5.02 Å². The van der Waals surface area contributed by atoms with Crippen LogP contribution in [0.5, 0.6) is 5.75 Å². The number of carbonyl (C=O) groups excluding carboxylic acids is 2. The molecule has 6 nitrogen and oxygen atoms in total. The molecule has 3 rings (SSSR count). The van der Waals surface area contributed by atoms with Crippen LogP contribution in [0.25, 0.3) is 0 Å². The first-order valence-corrected chi connectivity index (χ1v) is 9.45. The van der Waals surface area contributed by atoms with E-state index in [2.05, 4.69) is 5.10 Å². The van der Waals surface area contributed by atoms with Crippen LogP contribution in [-0.4, -0.2) is 41.6 Å². The Hall–Kier alpha value is -2.93. The lowest BCUT2D eigenvalue weighted by atomic mass is 10.1. The number of methoxy groups -OCH3 is 1. The van der Waals surface area contributed by atoms with Gasteiger partial charge in [-0.2, -0.15) is 5.10 Å². The van der Waals surface area contributed by atoms with Crippen LogP contribution in [0.15, 0.2) is 47.6 Å². The number of hydrogen-bond donors (Lipinski definition) is 0. The molecule has 0 fully saturated rings. The molecule has 1 aliphatic heterocycles. The molecular formula is C21H21ClFN3O3. The number of rotatable bonds is 6. The minimum atomic E-state index is -0.351. The van der Waals surface area contributed by atoms with Gasteiger partial charge in [0.15, 0.2) is 0 Å². The maximum atomic E-state index is 13.1. The van der Waals surface area contributed by atoms with Crippen LogP contribution >= 0.6 is 11.6 Å². The van der Waals surface area contributed by atoms with Crippen molar-refractivity contribution in [2.75, 3.05) is 14.2 Å². The Bertz CT molecular complexity index is 947. The van der Waals surface area contributed by atoms with Gasteiger partial charge in [0.25, 0.3) is 5.91 Å². The average molecular weight is 418 g/mol. The molecule has 0 saturated carbocycles. The van der Waals surface area contributed by atoms with Crippen LogP contribution in [0.4, 0.5) is 4.39 Å². The highest BCUT2D eigenvalue weighted by Crippen LogP contribution is 2.24. The van der Waals surface area contributed by atoms with Crippen molar-refractivity contribution < 1.29 is 18.7 Å². The number of benzene rings is 2. The van der Waals surface area contributed by atoms with Gasteiger partial charge >= 0.3 is 0 Å². The molecule has 0 spiro atoms. The molecule has 2 aromatic carbocycles. The van der Waals surface area contributed by atoms with Crippen molar-refractivity contribution >= 4 is 29.1 Å². The summed E-state index contributed by atoms with van der Waals surface area (Å²) in [6, 6.07) is 11.0. The molecule has 0 aromatic heterocycles. The monoisotopic (exact) mass is 417 g/mol. The zero-order valence-electron chi connectivity index (χ0n) is 16.2. The standard InChI is InChI=1S/C21H21ClFN3O3/c1-25(13-15-11-16(22)5-9-19(15)29-2)21(28)18-8-10-20(27)26(24-18)12-14-3-6-17(23)7-4-14/h3-7,9,11H,8,10,12-13H2,1-2H3. The van der Waals surface area contributed by atoms with Gasteiger partial charge in [0.05, 0.1) is 13.7 Å². The van der Waals surface area contributed by atoms with Gasteiger partial charge in [0.2, 0.25) is 5.91 Å². The zero-order chi connectivity index (χ0) is 21.0. The molecule has 1 aliphatic rings. The van der Waals surface area contributed by atoms with Crippen molar-refractivity contribution in [1.82, 2.24) is 9.91 Å². The van der Waals surface area contributed by atoms with Crippen LogP contribution in [0.3, 0.4) is 0 Å². The van der Waals surface area contributed by atoms with E-state index in [1.165, 1.54) is 22.0 Å². The topological polar surface area (TPSA) is 62.2 Å². The second-order valence-electron chi connectivity index (χ2n) is 6.74. The maximum Gasteiger partial charge on any atom is 0.270 e. The lowest BCUT2D eigenvalue weighted by molar-refractivity contribution is -0.132. The lowest BCUT2D eigenvalue weighted by Crippen LogP contribution is -2.39. The highest BCUT2D eigenvalue weighted by atomic mass is 35.5. The van der Waals surface area contributed by atoms with Crippen LogP contribution in [-0.2, 0) is 22.7 Å². The van der Waals surface area contributed by atoms with Crippen LogP contribution in [0, 0.1) is 5.82 Å². The van der Waals surface area contributed by atoms with Gasteiger partial charge in [-0.05, 0) is 35.9 Å². The highest BCUT2D eigenvalue weighted by molar-refractivity contribution is 6.39. The molecule has 0 radical (unpaired) electrons. The first-order valence-electron chi connectivity index (χ1n) is 9.07. The predicted octanol–water partition coefficient (Wildman–Crippen LogP) is 3.62. The van der Waals surface area contributed by atoms with Crippen LogP contribution < -0.4 is 4.74 Å². The summed E-state index contributed by atoms with van der Waals surface area (Å²) in [5.41, 5.74) is 1.80. The Morgan fingerprint density at radius 1 is 1.24 bits per heavy atom. The van der Waals surface area contributed by atoms with E-state index in [4.69, 9.17) is 16.3 Å². The van der Waals surface area contributed by atoms with E-state index in [9.17, 15) is 14.0 Å². The molecule has 2 amide bonds. The molecule has 8 heteroatoms. The molecule has 0 N–H and O–H groups in total. The molecule has 1 heterocycles. The van der Waals surface area contributed by atoms with Gasteiger partial charge in [-0.1, -0.05) is 23.7 Å². The molecule has 0 unspecified atom stereocenters. The fourth-order valence-corrected chi connectivity index (χ4v) is 3.25. The van der Waals surface area contributed by atoms with Crippen molar-refractivity contribution in [3.05, 3.63) is 64.4 Å². The van der Waals surface area contributed by atoms with Crippen molar-refractivity contribution in [3.8, 4) is 5.75 Å². The predicted molar refractivity (Wildman–Crippen MR) is 108 cm³/mol. The largest absolute Gasteiger partial charge is 0.496 e. The number of hydrazone groups is 1. The third kappa shape index (κ3) is 5.12. The number of nitrogens with zero attached hydrogens (tertiary/aromatic N) is 3. The number of hydrogen-bond acceptors (Lipinski definition) is 4. The van der Waals surface area contributed by atoms with E-state index in [0.29, 0.717) is 16.5 Å². The summed E-state index contributed by atoms with van der Waals surface area (Å²) in [7, 11) is 3.21. The number of ether oxygens (including phenoxy) is 1. The van der Waals surface area contributed by atoms with Crippen LogP contribution in [0.1, 0.15) is 24.0 Å². The van der Waals surface area contributed by atoms with Gasteiger partial charge in [-0.15, -0.1) is 0 Å². The van der Waals surface area contributed by atoms with E-state index in [1.807, 2.05) is 0 Å². The zero-order valence-corrected chi connectivity index (χ0v) is 16.9. The summed E-state index contributed by atoms with van der Waals surface area (Å²) in [5, 5.41) is 6.07. The van der Waals surface area contributed by atoms with Crippen molar-refractivity contribution in [2.24, 2.45) is 5.10 Å². The second kappa shape index (κ2) is 9.05. The summed E-state index contributed by atoms with van der Waals surface area (Å²) in [4.78, 5) is 26.6. The fraction of sp³-hybridized carbons (Fsp3) is 0.286. The summed E-state index contributed by atoms with van der Waals surface area (Å²) < 4.78 is 18.4. The molecule has 152 valence electrons. The van der Waals surface area contributed by atoms with Gasteiger partial charge in [0, 0.05) is 37.0 Å². The second-order valence-corrected chi connectivity index (χ2v) is 7.18. The van der Waals surface area contributed by atoms with Crippen molar-refractivity contribution in [2.45, 2.75) is 25.9 Å². The Kier molecular flexibility index (Phi) is 6.49. The Labute approximate surface area is 173 Å². The van der Waals surface area contributed by atoms with E-state index in [0.717, 1.165) is 11.1 Å². The van der Waals surface area contributed by atoms with Crippen molar-refractivity contribution in [1.29, 1.82) is 0 Å². The molecule has 29 heavy (non-hydrogen) atoms. The summed E-state index contributed by atoms with van der Waals surface area (Å²) in [6.07, 6.45) is 0.467. The molecular weight excluding hydrogens is 397 g/mol. The molecule has 0 bridgehead atoms. The highest BCUT2D eigenvalue weighted by Gasteiger charge is 2.26. The number of halogens is 2. The van der Waals surface area contributed by atoms with Crippen molar-refractivity contribution in [3.63, 3.8) is 0 Å².